The molecule has 3 heteroatoms. The highest BCUT2D eigenvalue weighted by Gasteiger charge is 2.51. The van der Waals surface area contributed by atoms with E-state index in [-0.39, 0.29) is 23.1 Å². The first-order valence-corrected chi connectivity index (χ1v) is 22.9. The van der Waals surface area contributed by atoms with Gasteiger partial charge in [0.25, 0.3) is 0 Å². The smallest absolute Gasteiger partial charge is 0.333 e. The molecule has 0 saturated heterocycles. The van der Waals surface area contributed by atoms with Crippen molar-refractivity contribution in [3.8, 4) is 44.5 Å². The summed E-state index contributed by atoms with van der Waals surface area (Å²) < 4.78 is 0. The Morgan fingerprint density at radius 3 is 1.73 bits per heavy atom. The molecule has 3 heterocycles. The minimum atomic E-state index is -0.229. The SMILES string of the molecule is Cc1ccccc1-c1cc2c3c(c1)N1c4cc5c(cc4C(C)(C)c4cccc(c41)B3N(c1ccc(-c3ccccc3)cc1)c1cc(-c3ccccc3)ccc1-2)C(C)(C)CCC5(C)C. The third-order valence-electron chi connectivity index (χ3n) is 15.4. The zero-order valence-corrected chi connectivity index (χ0v) is 37.6. The van der Waals surface area contributed by atoms with Crippen molar-refractivity contribution < 1.29 is 0 Å². The molecule has 0 radical (unpaired) electrons. The van der Waals surface area contributed by atoms with Crippen LogP contribution in [0.1, 0.15) is 82.2 Å². The lowest BCUT2D eigenvalue weighted by molar-refractivity contribution is 0.331. The Balaban J connectivity index is 1.19. The van der Waals surface area contributed by atoms with Crippen molar-refractivity contribution in [3.63, 3.8) is 0 Å². The van der Waals surface area contributed by atoms with Crippen molar-refractivity contribution in [2.75, 3.05) is 9.71 Å². The third kappa shape index (κ3) is 5.58. The van der Waals surface area contributed by atoms with Crippen LogP contribution in [-0.2, 0) is 16.2 Å². The summed E-state index contributed by atoms with van der Waals surface area (Å²) in [7, 11) is 0. The predicted octanol–water partition coefficient (Wildman–Crippen LogP) is 14.7. The van der Waals surface area contributed by atoms with Gasteiger partial charge in [-0.15, -0.1) is 0 Å². The Morgan fingerprint density at radius 1 is 0.429 bits per heavy atom. The van der Waals surface area contributed by atoms with Crippen LogP contribution in [-0.4, -0.2) is 6.85 Å². The van der Waals surface area contributed by atoms with E-state index in [0.717, 1.165) is 0 Å². The van der Waals surface area contributed by atoms with Gasteiger partial charge < -0.3 is 9.71 Å². The summed E-state index contributed by atoms with van der Waals surface area (Å²) in [4.78, 5) is 5.38. The normalized spacial score (nSPS) is 16.7. The molecule has 12 rings (SSSR count). The Kier molecular flexibility index (Phi) is 8.15. The first kappa shape index (κ1) is 38.1. The molecule has 0 saturated carbocycles. The lowest BCUT2D eigenvalue weighted by Gasteiger charge is -2.52. The van der Waals surface area contributed by atoms with E-state index in [2.05, 4.69) is 228 Å². The summed E-state index contributed by atoms with van der Waals surface area (Å²) in [5.74, 6) is 0. The largest absolute Gasteiger partial charge is 0.376 e. The first-order chi connectivity index (χ1) is 30.4. The molecule has 0 aromatic heterocycles. The topological polar surface area (TPSA) is 6.48 Å². The van der Waals surface area contributed by atoms with Crippen LogP contribution in [0.4, 0.5) is 28.4 Å². The fraction of sp³-hybridized carbons (Fsp3) is 0.200. The van der Waals surface area contributed by atoms with Gasteiger partial charge in [-0.25, -0.2) is 0 Å². The molecule has 4 aliphatic rings. The summed E-state index contributed by atoms with van der Waals surface area (Å²) in [5, 5.41) is 0. The average molecular weight is 813 g/mol. The highest BCUT2D eigenvalue weighted by Crippen LogP contribution is 2.58. The summed E-state index contributed by atoms with van der Waals surface area (Å²) in [6.07, 6.45) is 2.37. The van der Waals surface area contributed by atoms with Crippen LogP contribution in [0, 0.1) is 6.92 Å². The molecule has 306 valence electrons. The summed E-state index contributed by atoms with van der Waals surface area (Å²) in [6.45, 7) is 17.0. The Morgan fingerprint density at radius 2 is 1.03 bits per heavy atom. The van der Waals surface area contributed by atoms with Crippen LogP contribution in [0.2, 0.25) is 0 Å². The summed E-state index contributed by atoms with van der Waals surface area (Å²) in [5.41, 5.74) is 26.1. The molecule has 8 aromatic carbocycles. The highest BCUT2D eigenvalue weighted by molar-refractivity contribution is 6.93. The van der Waals surface area contributed by atoms with Crippen molar-refractivity contribution in [2.45, 2.75) is 77.6 Å². The molecular formula is C60H53BN2. The lowest BCUT2D eigenvalue weighted by Crippen LogP contribution is -2.62. The van der Waals surface area contributed by atoms with Crippen LogP contribution in [0.3, 0.4) is 0 Å². The molecular weight excluding hydrogens is 759 g/mol. The second-order valence-corrected chi connectivity index (χ2v) is 20.4. The molecule has 0 atom stereocenters. The van der Waals surface area contributed by atoms with Gasteiger partial charge in [-0.1, -0.05) is 175 Å². The maximum Gasteiger partial charge on any atom is 0.333 e. The molecule has 63 heavy (non-hydrogen) atoms. The summed E-state index contributed by atoms with van der Waals surface area (Å²) in [6, 6.07) is 64.6. The molecule has 0 N–H and O–H groups in total. The number of hydrogen-bond donors (Lipinski definition) is 0. The highest BCUT2D eigenvalue weighted by atomic mass is 15.2. The molecule has 0 fully saturated rings. The van der Waals surface area contributed by atoms with E-state index in [9.17, 15) is 0 Å². The summed E-state index contributed by atoms with van der Waals surface area (Å²) >= 11 is 0. The van der Waals surface area contributed by atoms with E-state index in [1.54, 1.807) is 0 Å². The number of hydrogen-bond acceptors (Lipinski definition) is 2. The number of rotatable bonds is 4. The van der Waals surface area contributed by atoms with Gasteiger partial charge in [0.15, 0.2) is 0 Å². The fourth-order valence-corrected chi connectivity index (χ4v) is 11.8. The van der Waals surface area contributed by atoms with Crippen molar-refractivity contribution in [1.29, 1.82) is 0 Å². The van der Waals surface area contributed by atoms with Crippen molar-refractivity contribution >= 4 is 46.2 Å². The molecule has 3 aliphatic heterocycles. The molecule has 0 bridgehead atoms. The number of aryl methyl sites for hydroxylation is 1. The second-order valence-electron chi connectivity index (χ2n) is 20.4. The minimum absolute atomic E-state index is 0.0708. The number of para-hydroxylation sites is 1. The van der Waals surface area contributed by atoms with Crippen molar-refractivity contribution in [3.05, 3.63) is 198 Å². The number of benzene rings is 8. The van der Waals surface area contributed by atoms with Gasteiger partial charge in [-0.05, 0) is 145 Å². The fourth-order valence-electron chi connectivity index (χ4n) is 11.8. The van der Waals surface area contributed by atoms with E-state index >= 15 is 0 Å². The maximum atomic E-state index is 2.71. The molecule has 8 aromatic rings. The third-order valence-corrected chi connectivity index (χ3v) is 15.4. The second kappa shape index (κ2) is 13.5. The average Bonchev–Trinajstić information content (AvgIpc) is 3.30. The van der Waals surface area contributed by atoms with Crippen LogP contribution in [0.25, 0.3) is 44.5 Å². The van der Waals surface area contributed by atoms with E-state index in [1.165, 1.54) is 125 Å². The van der Waals surface area contributed by atoms with Gasteiger partial charge >= 0.3 is 6.85 Å². The lowest BCUT2D eigenvalue weighted by atomic mass is 9.42. The standard InChI is InChI=1S/C60H53BN2/c1-38-17-14-15-22-45(38)43-33-47-46-30-27-42(40-20-12-9-13-21-40)34-53(46)63(44-28-25-41(26-29-44)39-18-10-8-11-19-39)61-52-24-16-23-48-57(52)62(55(35-43)56(47)61)54-37-50-49(36-51(54)60(48,6)7)58(2,3)31-32-59(50,4)5/h8-30,33-37H,31-32H2,1-7H3. The first-order valence-electron chi connectivity index (χ1n) is 22.9. The van der Waals surface area contributed by atoms with E-state index in [4.69, 9.17) is 0 Å². The number of anilines is 5. The van der Waals surface area contributed by atoms with Crippen LogP contribution >= 0.6 is 0 Å². The number of nitrogens with zero attached hydrogens (tertiary/aromatic N) is 2. The van der Waals surface area contributed by atoms with Gasteiger partial charge in [0.2, 0.25) is 0 Å². The molecule has 0 spiro atoms. The molecule has 1 aliphatic carbocycles. The molecule has 2 nitrogen and oxygen atoms in total. The zero-order valence-electron chi connectivity index (χ0n) is 37.6. The quantitative estimate of drug-likeness (QED) is 0.163. The maximum absolute atomic E-state index is 2.71. The van der Waals surface area contributed by atoms with Crippen LogP contribution < -0.4 is 20.6 Å². The van der Waals surface area contributed by atoms with Crippen molar-refractivity contribution in [2.24, 2.45) is 0 Å². The van der Waals surface area contributed by atoms with E-state index in [0.29, 0.717) is 0 Å². The Labute approximate surface area is 374 Å². The van der Waals surface area contributed by atoms with Gasteiger partial charge in [0, 0.05) is 33.7 Å². The van der Waals surface area contributed by atoms with Gasteiger partial charge in [0.1, 0.15) is 0 Å². The van der Waals surface area contributed by atoms with Crippen LogP contribution in [0.15, 0.2) is 170 Å². The molecule has 0 amide bonds. The van der Waals surface area contributed by atoms with Gasteiger partial charge in [-0.3, -0.25) is 0 Å². The predicted molar refractivity (Wildman–Crippen MR) is 269 cm³/mol. The Hall–Kier alpha value is -6.58. The van der Waals surface area contributed by atoms with E-state index < -0.39 is 0 Å². The monoisotopic (exact) mass is 812 g/mol. The van der Waals surface area contributed by atoms with Gasteiger partial charge in [-0.2, -0.15) is 0 Å². The molecule has 0 unspecified atom stereocenters. The number of fused-ring (bicyclic) bond motifs is 7. The minimum Gasteiger partial charge on any atom is -0.376 e. The van der Waals surface area contributed by atoms with Gasteiger partial charge in [0.05, 0.1) is 5.69 Å². The van der Waals surface area contributed by atoms with Crippen molar-refractivity contribution in [1.82, 2.24) is 0 Å². The Bertz CT molecular complexity index is 3160. The van der Waals surface area contributed by atoms with Crippen LogP contribution in [0.5, 0.6) is 0 Å². The zero-order chi connectivity index (χ0) is 43.0. The van der Waals surface area contributed by atoms with E-state index in [1.807, 2.05) is 0 Å².